The van der Waals surface area contributed by atoms with Gasteiger partial charge in [-0.1, -0.05) is 0 Å². The van der Waals surface area contributed by atoms with Gasteiger partial charge in [-0.3, -0.25) is 4.79 Å². The summed E-state index contributed by atoms with van der Waals surface area (Å²) in [5.74, 6) is 0.752. The highest BCUT2D eigenvalue weighted by atomic mass is 16.2. The van der Waals surface area contributed by atoms with E-state index in [1.165, 1.54) is 12.8 Å². The van der Waals surface area contributed by atoms with Crippen molar-refractivity contribution in [2.24, 2.45) is 11.7 Å². The Morgan fingerprint density at radius 1 is 1.62 bits per heavy atom. The van der Waals surface area contributed by atoms with E-state index < -0.39 is 0 Å². The molecule has 0 bridgehead atoms. The summed E-state index contributed by atoms with van der Waals surface area (Å²) in [6.45, 7) is 0.393. The highest BCUT2D eigenvalue weighted by molar-refractivity contribution is 5.75. The largest absolute Gasteiger partial charge is 0.347 e. The van der Waals surface area contributed by atoms with Crippen LogP contribution in [0.25, 0.3) is 0 Å². The van der Waals surface area contributed by atoms with Crippen LogP contribution in [0.3, 0.4) is 0 Å². The van der Waals surface area contributed by atoms with Crippen LogP contribution >= 0.6 is 0 Å². The quantitative estimate of drug-likeness (QED) is 0.824. The number of hydrogen-bond acceptors (Lipinski definition) is 2. The standard InChI is InChI=1S/C12H19N3O/c1-14(2)11(16)8-15-6-5-10(7-15)12(13)9-3-4-9/h5-7,9,12H,3-4,8,13H2,1-2H3. The van der Waals surface area contributed by atoms with Crippen molar-refractivity contribution in [1.29, 1.82) is 0 Å². The maximum atomic E-state index is 11.5. The van der Waals surface area contributed by atoms with Crippen LogP contribution in [0.4, 0.5) is 0 Å². The van der Waals surface area contributed by atoms with E-state index in [4.69, 9.17) is 5.73 Å². The molecule has 1 aliphatic rings. The van der Waals surface area contributed by atoms with Crippen LogP contribution < -0.4 is 5.73 Å². The summed E-state index contributed by atoms with van der Waals surface area (Å²) < 4.78 is 1.90. The topological polar surface area (TPSA) is 51.3 Å². The predicted octanol–water partition coefficient (Wildman–Crippen LogP) is 0.986. The summed E-state index contributed by atoms with van der Waals surface area (Å²) in [5.41, 5.74) is 7.24. The normalized spacial score (nSPS) is 17.2. The van der Waals surface area contributed by atoms with Crippen molar-refractivity contribution in [3.8, 4) is 0 Å². The Morgan fingerprint density at radius 3 is 2.88 bits per heavy atom. The summed E-state index contributed by atoms with van der Waals surface area (Å²) in [5, 5.41) is 0. The molecular formula is C12H19N3O. The van der Waals surface area contributed by atoms with Gasteiger partial charge in [0.25, 0.3) is 0 Å². The molecule has 0 radical (unpaired) electrons. The van der Waals surface area contributed by atoms with Gasteiger partial charge in [-0.2, -0.15) is 0 Å². The first-order valence-electron chi connectivity index (χ1n) is 5.69. The summed E-state index contributed by atoms with van der Waals surface area (Å²) in [4.78, 5) is 13.1. The second-order valence-electron chi connectivity index (χ2n) is 4.77. The Morgan fingerprint density at radius 2 is 2.31 bits per heavy atom. The van der Waals surface area contributed by atoms with Crippen LogP contribution in [0.1, 0.15) is 24.4 Å². The number of aromatic nitrogens is 1. The van der Waals surface area contributed by atoms with E-state index in [0.717, 1.165) is 5.56 Å². The molecule has 1 unspecified atom stereocenters. The number of nitrogens with zero attached hydrogens (tertiary/aromatic N) is 2. The van der Waals surface area contributed by atoms with E-state index >= 15 is 0 Å². The molecule has 1 saturated carbocycles. The predicted molar refractivity (Wildman–Crippen MR) is 62.8 cm³/mol. The summed E-state index contributed by atoms with van der Waals surface area (Å²) in [6, 6.07) is 2.17. The Hall–Kier alpha value is -1.29. The van der Waals surface area contributed by atoms with Gasteiger partial charge in [-0.05, 0) is 30.4 Å². The Balaban J connectivity index is 1.99. The Bertz CT molecular complexity index is 379. The van der Waals surface area contributed by atoms with Crippen molar-refractivity contribution in [3.63, 3.8) is 0 Å². The number of nitrogens with two attached hydrogens (primary N) is 1. The second-order valence-corrected chi connectivity index (χ2v) is 4.77. The van der Waals surface area contributed by atoms with Gasteiger partial charge < -0.3 is 15.2 Å². The Labute approximate surface area is 96.0 Å². The van der Waals surface area contributed by atoms with Crippen molar-refractivity contribution < 1.29 is 4.79 Å². The number of likely N-dealkylation sites (N-methyl/N-ethyl adjacent to an activating group) is 1. The summed E-state index contributed by atoms with van der Waals surface area (Å²) in [7, 11) is 3.53. The van der Waals surface area contributed by atoms with E-state index in [0.29, 0.717) is 12.5 Å². The van der Waals surface area contributed by atoms with Gasteiger partial charge in [0.1, 0.15) is 6.54 Å². The van der Waals surface area contributed by atoms with Crippen molar-refractivity contribution in [1.82, 2.24) is 9.47 Å². The molecule has 1 heterocycles. The van der Waals surface area contributed by atoms with Crippen LogP contribution in [0.2, 0.25) is 0 Å². The molecule has 2 N–H and O–H groups in total. The zero-order chi connectivity index (χ0) is 11.7. The van der Waals surface area contributed by atoms with Crippen molar-refractivity contribution in [3.05, 3.63) is 24.0 Å². The van der Waals surface area contributed by atoms with Crippen molar-refractivity contribution >= 4 is 5.91 Å². The fourth-order valence-corrected chi connectivity index (χ4v) is 1.78. The molecule has 0 saturated heterocycles. The van der Waals surface area contributed by atoms with Crippen molar-refractivity contribution in [2.45, 2.75) is 25.4 Å². The third kappa shape index (κ3) is 2.44. The minimum atomic E-state index is 0.0992. The lowest BCUT2D eigenvalue weighted by Gasteiger charge is -2.11. The highest BCUT2D eigenvalue weighted by Crippen LogP contribution is 2.39. The smallest absolute Gasteiger partial charge is 0.241 e. The van der Waals surface area contributed by atoms with Crippen LogP contribution in [0.15, 0.2) is 18.5 Å². The summed E-state index contributed by atoms with van der Waals surface area (Å²) >= 11 is 0. The number of amides is 1. The van der Waals surface area contributed by atoms with E-state index in [9.17, 15) is 4.79 Å². The molecule has 4 heteroatoms. The Kier molecular flexibility index (Phi) is 3.01. The number of rotatable bonds is 4. The average Bonchev–Trinajstić information content (AvgIpc) is 2.98. The SMILES string of the molecule is CN(C)C(=O)Cn1ccc(C(N)C2CC2)c1. The van der Waals surface area contributed by atoms with Crippen LogP contribution in [0, 0.1) is 5.92 Å². The zero-order valence-corrected chi connectivity index (χ0v) is 9.89. The molecule has 0 aliphatic heterocycles. The maximum Gasteiger partial charge on any atom is 0.241 e. The molecule has 1 aromatic heterocycles. The fourth-order valence-electron chi connectivity index (χ4n) is 1.78. The zero-order valence-electron chi connectivity index (χ0n) is 9.89. The third-order valence-corrected chi connectivity index (χ3v) is 3.10. The molecule has 0 spiro atoms. The average molecular weight is 221 g/mol. The van der Waals surface area contributed by atoms with Gasteiger partial charge in [-0.25, -0.2) is 0 Å². The second kappa shape index (κ2) is 4.29. The molecule has 88 valence electrons. The lowest BCUT2D eigenvalue weighted by atomic mass is 10.1. The van der Waals surface area contributed by atoms with Crippen LogP contribution in [0.5, 0.6) is 0 Å². The number of carbonyl (C=O) groups excluding carboxylic acids is 1. The van der Waals surface area contributed by atoms with Gasteiger partial charge >= 0.3 is 0 Å². The summed E-state index contributed by atoms with van der Waals surface area (Å²) in [6.07, 6.45) is 6.40. The third-order valence-electron chi connectivity index (χ3n) is 3.10. The molecule has 16 heavy (non-hydrogen) atoms. The van der Waals surface area contributed by atoms with E-state index in [-0.39, 0.29) is 11.9 Å². The highest BCUT2D eigenvalue weighted by Gasteiger charge is 2.29. The minimum Gasteiger partial charge on any atom is -0.347 e. The first-order valence-corrected chi connectivity index (χ1v) is 5.69. The van der Waals surface area contributed by atoms with E-state index in [2.05, 4.69) is 0 Å². The molecule has 0 aromatic carbocycles. The first-order chi connectivity index (χ1) is 7.58. The molecule has 1 fully saturated rings. The lowest BCUT2D eigenvalue weighted by molar-refractivity contribution is -0.129. The monoisotopic (exact) mass is 221 g/mol. The van der Waals surface area contributed by atoms with Crippen LogP contribution in [-0.2, 0) is 11.3 Å². The number of hydrogen-bond donors (Lipinski definition) is 1. The van der Waals surface area contributed by atoms with Gasteiger partial charge in [0, 0.05) is 32.5 Å². The molecule has 1 atom stereocenters. The fraction of sp³-hybridized carbons (Fsp3) is 0.583. The molecule has 1 amide bonds. The van der Waals surface area contributed by atoms with Gasteiger partial charge in [0.05, 0.1) is 0 Å². The minimum absolute atomic E-state index is 0.0992. The molecule has 4 nitrogen and oxygen atoms in total. The van der Waals surface area contributed by atoms with Gasteiger partial charge in [-0.15, -0.1) is 0 Å². The van der Waals surface area contributed by atoms with E-state index in [1.54, 1.807) is 19.0 Å². The molecule has 1 aromatic rings. The molecule has 2 rings (SSSR count). The van der Waals surface area contributed by atoms with Gasteiger partial charge in [0.15, 0.2) is 0 Å². The first kappa shape index (κ1) is 11.2. The maximum absolute atomic E-state index is 11.5. The molecular weight excluding hydrogens is 202 g/mol. The van der Waals surface area contributed by atoms with E-state index in [1.807, 2.05) is 23.0 Å². The number of carbonyl (C=O) groups is 1. The van der Waals surface area contributed by atoms with Crippen LogP contribution in [-0.4, -0.2) is 29.5 Å². The lowest BCUT2D eigenvalue weighted by Crippen LogP contribution is -2.25. The van der Waals surface area contributed by atoms with Gasteiger partial charge in [0.2, 0.25) is 5.91 Å². The molecule has 1 aliphatic carbocycles. The van der Waals surface area contributed by atoms with Crippen molar-refractivity contribution in [2.75, 3.05) is 14.1 Å².